The van der Waals surface area contributed by atoms with E-state index < -0.39 is 5.97 Å². The van der Waals surface area contributed by atoms with E-state index in [0.717, 1.165) is 0 Å². The molecule has 0 radical (unpaired) electrons. The van der Waals surface area contributed by atoms with Crippen molar-refractivity contribution < 1.29 is 19.0 Å². The molecule has 0 atom stereocenters. The molecule has 0 fully saturated rings. The number of hydrogen-bond donors (Lipinski definition) is 1. The fraction of sp³-hybridized carbons (Fsp3) is 0.300. The Morgan fingerprint density at radius 1 is 1.13 bits per heavy atom. The van der Waals surface area contributed by atoms with Crippen molar-refractivity contribution in [2.24, 2.45) is 0 Å². The van der Waals surface area contributed by atoms with Crippen molar-refractivity contribution in [2.45, 2.75) is 4.90 Å². The van der Waals surface area contributed by atoms with Crippen LogP contribution in [0.2, 0.25) is 0 Å². The lowest BCUT2D eigenvalue weighted by Gasteiger charge is -2.10. The van der Waals surface area contributed by atoms with Gasteiger partial charge in [0.25, 0.3) is 0 Å². The lowest BCUT2D eigenvalue weighted by molar-refractivity contribution is 0.0596. The Morgan fingerprint density at radius 2 is 1.73 bits per heavy atom. The van der Waals surface area contributed by atoms with Crippen LogP contribution in [-0.2, 0) is 4.74 Å². The lowest BCUT2D eigenvalue weighted by atomic mass is 10.2. The highest BCUT2D eigenvalue weighted by Crippen LogP contribution is 2.31. The fourth-order valence-electron chi connectivity index (χ4n) is 1.15. The van der Waals surface area contributed by atoms with Gasteiger partial charge in [-0.1, -0.05) is 0 Å². The summed E-state index contributed by atoms with van der Waals surface area (Å²) in [6.07, 6.45) is 0. The highest BCUT2D eigenvalue weighted by molar-refractivity contribution is 7.80. The molecule has 0 spiro atoms. The second-order valence-corrected chi connectivity index (χ2v) is 3.20. The van der Waals surface area contributed by atoms with E-state index in [2.05, 4.69) is 17.4 Å². The zero-order chi connectivity index (χ0) is 11.4. The molecule has 0 unspecified atom stereocenters. The van der Waals surface area contributed by atoms with E-state index in [9.17, 15) is 4.79 Å². The molecule has 82 valence electrons. The Balaban J connectivity index is 3.27. The van der Waals surface area contributed by atoms with E-state index in [1.54, 1.807) is 12.1 Å². The molecule has 0 saturated heterocycles. The van der Waals surface area contributed by atoms with Gasteiger partial charge in [-0.15, -0.1) is 12.6 Å². The molecule has 1 aromatic carbocycles. The third-order valence-electron chi connectivity index (χ3n) is 1.91. The van der Waals surface area contributed by atoms with Gasteiger partial charge in [0.1, 0.15) is 17.1 Å². The van der Waals surface area contributed by atoms with E-state index >= 15 is 0 Å². The van der Waals surface area contributed by atoms with E-state index in [-0.39, 0.29) is 0 Å². The van der Waals surface area contributed by atoms with Crippen LogP contribution in [0.5, 0.6) is 11.5 Å². The van der Waals surface area contributed by atoms with Gasteiger partial charge in [-0.3, -0.25) is 0 Å². The van der Waals surface area contributed by atoms with Crippen LogP contribution in [0.1, 0.15) is 10.4 Å². The first kappa shape index (κ1) is 11.7. The number of benzene rings is 1. The van der Waals surface area contributed by atoms with Gasteiger partial charge in [-0.05, 0) is 6.07 Å². The first-order chi connectivity index (χ1) is 7.13. The lowest BCUT2D eigenvalue weighted by Crippen LogP contribution is -2.04. The molecular formula is C10H12O4S. The van der Waals surface area contributed by atoms with Crippen LogP contribution >= 0.6 is 12.6 Å². The van der Waals surface area contributed by atoms with Gasteiger partial charge in [0.2, 0.25) is 0 Å². The Hall–Kier alpha value is -1.36. The van der Waals surface area contributed by atoms with Crippen LogP contribution in [0.25, 0.3) is 0 Å². The quantitative estimate of drug-likeness (QED) is 0.632. The van der Waals surface area contributed by atoms with Gasteiger partial charge in [-0.25, -0.2) is 4.79 Å². The molecule has 15 heavy (non-hydrogen) atoms. The summed E-state index contributed by atoms with van der Waals surface area (Å²) in [5, 5.41) is 0. The van der Waals surface area contributed by atoms with Crippen molar-refractivity contribution in [3.63, 3.8) is 0 Å². The molecule has 0 aliphatic rings. The normalized spacial score (nSPS) is 9.60. The Kier molecular flexibility index (Phi) is 3.85. The van der Waals surface area contributed by atoms with Gasteiger partial charge in [0.05, 0.1) is 21.3 Å². The summed E-state index contributed by atoms with van der Waals surface area (Å²) in [6, 6.07) is 3.14. The second kappa shape index (κ2) is 4.93. The van der Waals surface area contributed by atoms with E-state index in [4.69, 9.17) is 9.47 Å². The number of ether oxygens (including phenoxy) is 3. The van der Waals surface area contributed by atoms with Gasteiger partial charge in [0, 0.05) is 11.0 Å². The smallest absolute Gasteiger partial charge is 0.341 e. The summed E-state index contributed by atoms with van der Waals surface area (Å²) < 4.78 is 14.7. The minimum Gasteiger partial charge on any atom is -0.496 e. The maximum Gasteiger partial charge on any atom is 0.341 e. The van der Waals surface area contributed by atoms with Crippen molar-refractivity contribution in [1.82, 2.24) is 0 Å². The molecule has 0 amide bonds. The van der Waals surface area contributed by atoms with Crippen LogP contribution in [0.3, 0.4) is 0 Å². The summed E-state index contributed by atoms with van der Waals surface area (Å²) >= 11 is 4.18. The summed E-state index contributed by atoms with van der Waals surface area (Å²) in [4.78, 5) is 11.9. The Bertz CT molecular complexity index is 376. The Labute approximate surface area is 93.5 Å². The molecule has 0 aromatic heterocycles. The number of hydrogen-bond acceptors (Lipinski definition) is 5. The van der Waals surface area contributed by atoms with Crippen molar-refractivity contribution in [2.75, 3.05) is 21.3 Å². The van der Waals surface area contributed by atoms with Crippen molar-refractivity contribution in [1.29, 1.82) is 0 Å². The third kappa shape index (κ3) is 2.36. The molecule has 4 nitrogen and oxygen atoms in total. The fourth-order valence-corrected chi connectivity index (χ4v) is 1.44. The predicted molar refractivity (Wildman–Crippen MR) is 58.1 cm³/mol. The minimum atomic E-state index is -0.468. The van der Waals surface area contributed by atoms with E-state index in [1.165, 1.54) is 21.3 Å². The largest absolute Gasteiger partial charge is 0.496 e. The zero-order valence-electron chi connectivity index (χ0n) is 8.73. The molecule has 1 rings (SSSR count). The van der Waals surface area contributed by atoms with Crippen molar-refractivity contribution in [3.8, 4) is 11.5 Å². The zero-order valence-corrected chi connectivity index (χ0v) is 9.63. The van der Waals surface area contributed by atoms with E-state index in [0.29, 0.717) is 22.0 Å². The number of carbonyl (C=O) groups excluding carboxylic acids is 1. The van der Waals surface area contributed by atoms with Crippen LogP contribution in [0, 0.1) is 0 Å². The Morgan fingerprint density at radius 3 is 2.20 bits per heavy atom. The number of methoxy groups -OCH3 is 3. The predicted octanol–water partition coefficient (Wildman–Crippen LogP) is 1.78. The average molecular weight is 228 g/mol. The van der Waals surface area contributed by atoms with Gasteiger partial charge >= 0.3 is 5.97 Å². The van der Waals surface area contributed by atoms with Crippen molar-refractivity contribution >= 4 is 18.6 Å². The third-order valence-corrected chi connectivity index (χ3v) is 2.26. The van der Waals surface area contributed by atoms with Crippen LogP contribution in [0.4, 0.5) is 0 Å². The van der Waals surface area contributed by atoms with Gasteiger partial charge in [0.15, 0.2) is 0 Å². The molecule has 0 bridgehead atoms. The number of thiol groups is 1. The molecule has 1 aromatic rings. The molecule has 0 aliphatic carbocycles. The van der Waals surface area contributed by atoms with Crippen LogP contribution in [-0.4, -0.2) is 27.3 Å². The van der Waals surface area contributed by atoms with Gasteiger partial charge in [-0.2, -0.15) is 0 Å². The van der Waals surface area contributed by atoms with Crippen molar-refractivity contribution in [3.05, 3.63) is 17.7 Å². The number of carbonyl (C=O) groups is 1. The highest BCUT2D eigenvalue weighted by atomic mass is 32.1. The SMILES string of the molecule is COC(=O)c1cc(S)c(OC)cc1OC. The van der Waals surface area contributed by atoms with E-state index in [1.807, 2.05) is 0 Å². The van der Waals surface area contributed by atoms with Crippen LogP contribution in [0.15, 0.2) is 17.0 Å². The minimum absolute atomic E-state index is 0.325. The first-order valence-corrected chi connectivity index (χ1v) is 4.62. The summed E-state index contributed by atoms with van der Waals surface area (Å²) in [6.45, 7) is 0. The molecule has 0 aliphatic heterocycles. The second-order valence-electron chi connectivity index (χ2n) is 2.72. The summed E-state index contributed by atoms with van der Waals surface area (Å²) in [7, 11) is 4.30. The maximum atomic E-state index is 11.4. The molecular weight excluding hydrogens is 216 g/mol. The molecule has 0 saturated carbocycles. The number of esters is 1. The average Bonchev–Trinajstić information content (AvgIpc) is 2.27. The summed E-state index contributed by atoms with van der Waals surface area (Å²) in [5.41, 5.74) is 0.325. The summed E-state index contributed by atoms with van der Waals surface area (Å²) in [5.74, 6) is 0.476. The molecule has 5 heteroatoms. The maximum absolute atomic E-state index is 11.4. The first-order valence-electron chi connectivity index (χ1n) is 4.17. The highest BCUT2D eigenvalue weighted by Gasteiger charge is 2.15. The monoisotopic (exact) mass is 228 g/mol. The topological polar surface area (TPSA) is 44.8 Å². The standard InChI is InChI=1S/C10H12O4S/c1-12-7-5-8(13-2)9(15)4-6(7)10(11)14-3/h4-5,15H,1-3H3. The van der Waals surface area contributed by atoms with Crippen LogP contribution < -0.4 is 9.47 Å². The number of rotatable bonds is 3. The molecule has 0 heterocycles. The van der Waals surface area contributed by atoms with Gasteiger partial charge < -0.3 is 14.2 Å². The molecule has 0 N–H and O–H groups in total.